The molecule has 0 fully saturated rings. The first kappa shape index (κ1) is 14.4. The lowest BCUT2D eigenvalue weighted by atomic mass is 10.0. The lowest BCUT2D eigenvalue weighted by molar-refractivity contribution is 0.509. The Morgan fingerprint density at radius 3 is 2.84 bits per heavy atom. The molecule has 2 nitrogen and oxygen atoms in total. The maximum absolute atomic E-state index is 14.0. The highest BCUT2D eigenvalue weighted by Crippen LogP contribution is 2.25. The highest BCUT2D eigenvalue weighted by Gasteiger charge is 2.17. The third kappa shape index (κ3) is 3.75. The lowest BCUT2D eigenvalue weighted by Crippen LogP contribution is -2.24. The molecule has 1 unspecified atom stereocenters. The molecule has 0 saturated carbocycles. The predicted octanol–water partition coefficient (Wildman–Crippen LogP) is 4.14. The minimum atomic E-state index is -0.272. The van der Waals surface area contributed by atoms with Crippen LogP contribution in [0.15, 0.2) is 23.6 Å². The molecule has 2 aromatic rings. The van der Waals surface area contributed by atoms with Gasteiger partial charge in [-0.3, -0.25) is 0 Å². The average molecular weight is 299 g/mol. The molecule has 1 N–H and O–H groups in total. The van der Waals surface area contributed by atoms with Crippen LogP contribution in [0.3, 0.4) is 0 Å². The van der Waals surface area contributed by atoms with Gasteiger partial charge in [0.2, 0.25) is 0 Å². The lowest BCUT2D eigenvalue weighted by Gasteiger charge is -2.18. The number of nitrogens with zero attached hydrogens (tertiary/aromatic N) is 1. The standard InChI is InChI=1S/C14H16ClFN2S/c1-3-17-13(7-14-18-9(2)8-19-14)11-5-4-10(15)6-12(11)16/h4-6,8,13,17H,3,7H2,1-2H3. The maximum atomic E-state index is 14.0. The number of halogens is 2. The fourth-order valence-corrected chi connectivity index (χ4v) is 2.97. The molecule has 1 aromatic carbocycles. The molecule has 0 spiro atoms. The number of hydrogen-bond donors (Lipinski definition) is 1. The Labute approximate surface area is 121 Å². The van der Waals surface area contributed by atoms with Gasteiger partial charge in [-0.1, -0.05) is 24.6 Å². The van der Waals surface area contributed by atoms with Gasteiger partial charge in [-0.05, 0) is 25.6 Å². The molecule has 0 bridgehead atoms. The van der Waals surface area contributed by atoms with Crippen LogP contribution in [-0.4, -0.2) is 11.5 Å². The smallest absolute Gasteiger partial charge is 0.129 e. The summed E-state index contributed by atoms with van der Waals surface area (Å²) in [5, 5.41) is 6.74. The molecule has 102 valence electrons. The van der Waals surface area contributed by atoms with Crippen LogP contribution in [0.2, 0.25) is 5.02 Å². The second-order valence-corrected chi connectivity index (χ2v) is 5.74. The number of benzene rings is 1. The summed E-state index contributed by atoms with van der Waals surface area (Å²) in [6.07, 6.45) is 0.685. The Morgan fingerprint density at radius 2 is 2.26 bits per heavy atom. The van der Waals surface area contributed by atoms with E-state index >= 15 is 0 Å². The predicted molar refractivity (Wildman–Crippen MR) is 78.4 cm³/mol. The summed E-state index contributed by atoms with van der Waals surface area (Å²) in [6.45, 7) is 4.75. The topological polar surface area (TPSA) is 24.9 Å². The van der Waals surface area contributed by atoms with Gasteiger partial charge in [-0.25, -0.2) is 9.37 Å². The number of likely N-dealkylation sites (N-methyl/N-ethyl adjacent to an activating group) is 1. The van der Waals surface area contributed by atoms with Crippen LogP contribution in [0, 0.1) is 12.7 Å². The molecule has 1 aromatic heterocycles. The van der Waals surface area contributed by atoms with Gasteiger partial charge in [0.15, 0.2) is 0 Å². The molecule has 2 rings (SSSR count). The van der Waals surface area contributed by atoms with Crippen LogP contribution >= 0.6 is 22.9 Å². The third-order valence-corrected chi connectivity index (χ3v) is 4.06. The fourth-order valence-electron chi connectivity index (χ4n) is 1.99. The summed E-state index contributed by atoms with van der Waals surface area (Å²) in [4.78, 5) is 4.44. The van der Waals surface area contributed by atoms with E-state index < -0.39 is 0 Å². The van der Waals surface area contributed by atoms with Crippen molar-refractivity contribution in [3.8, 4) is 0 Å². The monoisotopic (exact) mass is 298 g/mol. The van der Waals surface area contributed by atoms with E-state index in [1.807, 2.05) is 19.2 Å². The van der Waals surface area contributed by atoms with E-state index in [0.717, 1.165) is 17.2 Å². The summed E-state index contributed by atoms with van der Waals surface area (Å²) >= 11 is 7.40. The number of thiazole rings is 1. The Balaban J connectivity index is 2.23. The second kappa shape index (κ2) is 6.46. The van der Waals surface area contributed by atoms with Crippen LogP contribution in [0.1, 0.15) is 29.2 Å². The third-order valence-electron chi connectivity index (χ3n) is 2.83. The Kier molecular flexibility index (Phi) is 4.91. The van der Waals surface area contributed by atoms with Gasteiger partial charge in [0, 0.05) is 34.1 Å². The van der Waals surface area contributed by atoms with Crippen molar-refractivity contribution in [3.05, 3.63) is 50.7 Å². The quantitative estimate of drug-likeness (QED) is 0.897. The zero-order chi connectivity index (χ0) is 13.8. The molecule has 5 heteroatoms. The van der Waals surface area contributed by atoms with Crippen LogP contribution in [-0.2, 0) is 6.42 Å². The summed E-state index contributed by atoms with van der Waals surface area (Å²) in [5.74, 6) is -0.272. The van der Waals surface area contributed by atoms with Gasteiger partial charge in [0.25, 0.3) is 0 Å². The van der Waals surface area contributed by atoms with E-state index in [-0.39, 0.29) is 11.9 Å². The molecule has 1 heterocycles. The van der Waals surface area contributed by atoms with Gasteiger partial charge >= 0.3 is 0 Å². The van der Waals surface area contributed by atoms with Gasteiger partial charge in [-0.2, -0.15) is 0 Å². The normalized spacial score (nSPS) is 12.6. The summed E-state index contributed by atoms with van der Waals surface area (Å²) in [5.41, 5.74) is 1.64. The molecule has 0 saturated heterocycles. The van der Waals surface area contributed by atoms with Crippen LogP contribution in [0.5, 0.6) is 0 Å². The van der Waals surface area contributed by atoms with Crippen molar-refractivity contribution >= 4 is 22.9 Å². The van der Waals surface area contributed by atoms with Crippen molar-refractivity contribution in [1.82, 2.24) is 10.3 Å². The van der Waals surface area contributed by atoms with E-state index in [1.165, 1.54) is 6.07 Å². The molecule has 0 aliphatic rings. The Hall–Kier alpha value is -0.970. The van der Waals surface area contributed by atoms with Crippen molar-refractivity contribution in [2.24, 2.45) is 0 Å². The van der Waals surface area contributed by atoms with Crippen LogP contribution < -0.4 is 5.32 Å². The molecular weight excluding hydrogens is 283 g/mol. The molecule has 0 amide bonds. The molecule has 0 radical (unpaired) electrons. The molecule has 0 aliphatic carbocycles. The van der Waals surface area contributed by atoms with E-state index in [4.69, 9.17) is 11.6 Å². The summed E-state index contributed by atoms with van der Waals surface area (Å²) in [6, 6.07) is 4.74. The number of aromatic nitrogens is 1. The van der Waals surface area contributed by atoms with Gasteiger partial charge in [-0.15, -0.1) is 11.3 Å². The molecular formula is C14H16ClFN2S. The van der Waals surface area contributed by atoms with Crippen molar-refractivity contribution in [1.29, 1.82) is 0 Å². The van der Waals surface area contributed by atoms with Crippen molar-refractivity contribution in [2.75, 3.05) is 6.54 Å². The van der Waals surface area contributed by atoms with Crippen LogP contribution in [0.4, 0.5) is 4.39 Å². The van der Waals surface area contributed by atoms with Crippen LogP contribution in [0.25, 0.3) is 0 Å². The number of hydrogen-bond acceptors (Lipinski definition) is 3. The Morgan fingerprint density at radius 1 is 1.47 bits per heavy atom. The maximum Gasteiger partial charge on any atom is 0.129 e. The first-order valence-electron chi connectivity index (χ1n) is 6.19. The largest absolute Gasteiger partial charge is 0.310 e. The number of nitrogens with one attached hydrogen (secondary N) is 1. The fraction of sp³-hybridized carbons (Fsp3) is 0.357. The second-order valence-electron chi connectivity index (χ2n) is 4.36. The minimum absolute atomic E-state index is 0.0761. The van der Waals surface area contributed by atoms with Crippen molar-refractivity contribution in [2.45, 2.75) is 26.3 Å². The molecule has 0 aliphatic heterocycles. The van der Waals surface area contributed by atoms with E-state index in [9.17, 15) is 4.39 Å². The minimum Gasteiger partial charge on any atom is -0.310 e. The highest BCUT2D eigenvalue weighted by atomic mass is 35.5. The van der Waals surface area contributed by atoms with Crippen molar-refractivity contribution in [3.63, 3.8) is 0 Å². The summed E-state index contributed by atoms with van der Waals surface area (Å²) < 4.78 is 14.0. The Bertz CT molecular complexity index is 556. The summed E-state index contributed by atoms with van der Waals surface area (Å²) in [7, 11) is 0. The van der Waals surface area contributed by atoms with Crippen molar-refractivity contribution < 1.29 is 4.39 Å². The molecule has 19 heavy (non-hydrogen) atoms. The molecule has 1 atom stereocenters. The van der Waals surface area contributed by atoms with Gasteiger partial charge in [0.1, 0.15) is 5.82 Å². The van der Waals surface area contributed by atoms with Gasteiger partial charge in [0.05, 0.1) is 5.01 Å². The van der Waals surface area contributed by atoms with E-state index in [2.05, 4.69) is 10.3 Å². The first-order chi connectivity index (χ1) is 9.10. The first-order valence-corrected chi connectivity index (χ1v) is 7.45. The zero-order valence-corrected chi connectivity index (χ0v) is 12.5. The highest BCUT2D eigenvalue weighted by molar-refractivity contribution is 7.09. The average Bonchev–Trinajstić information content (AvgIpc) is 2.74. The number of rotatable bonds is 5. The number of aryl methyl sites for hydroxylation is 1. The van der Waals surface area contributed by atoms with Gasteiger partial charge < -0.3 is 5.32 Å². The van der Waals surface area contributed by atoms with E-state index in [1.54, 1.807) is 23.5 Å². The van der Waals surface area contributed by atoms with E-state index in [0.29, 0.717) is 17.0 Å². The SMILES string of the molecule is CCNC(Cc1nc(C)cs1)c1ccc(Cl)cc1F. The zero-order valence-electron chi connectivity index (χ0n) is 10.9.